The van der Waals surface area contributed by atoms with Crippen LogP contribution >= 0.6 is 11.6 Å². The van der Waals surface area contributed by atoms with Crippen LogP contribution in [-0.4, -0.2) is 10.7 Å². The first kappa shape index (κ1) is 11.4. The average molecular weight is 218 g/mol. The lowest BCUT2D eigenvalue weighted by Crippen LogP contribution is -2.35. The van der Waals surface area contributed by atoms with Crippen molar-refractivity contribution in [2.24, 2.45) is 5.73 Å². The molecular weight excluding hydrogens is 205 g/mol. The van der Waals surface area contributed by atoms with Crippen molar-refractivity contribution in [2.45, 2.75) is 25.5 Å². The molecule has 1 atom stereocenters. The summed E-state index contributed by atoms with van der Waals surface area (Å²) in [6.07, 6.45) is 0. The minimum Gasteiger partial charge on any atom is -0.388 e. The molecule has 0 fully saturated rings. The molecule has 0 bridgehead atoms. The van der Waals surface area contributed by atoms with Gasteiger partial charge in [-0.25, -0.2) is 4.39 Å². The zero-order chi connectivity index (χ0) is 10.9. The van der Waals surface area contributed by atoms with Gasteiger partial charge in [-0.3, -0.25) is 0 Å². The summed E-state index contributed by atoms with van der Waals surface area (Å²) in [5.74, 6) is -0.455. The second-order valence-corrected chi connectivity index (χ2v) is 4.23. The summed E-state index contributed by atoms with van der Waals surface area (Å²) < 4.78 is 13.3. The van der Waals surface area contributed by atoms with Crippen LogP contribution in [0.4, 0.5) is 4.39 Å². The number of benzene rings is 1. The van der Waals surface area contributed by atoms with Gasteiger partial charge in [-0.05, 0) is 32.0 Å². The summed E-state index contributed by atoms with van der Waals surface area (Å²) in [5.41, 5.74) is 4.74. The summed E-state index contributed by atoms with van der Waals surface area (Å²) in [6.45, 7) is 3.05. The largest absolute Gasteiger partial charge is 0.388 e. The minimum atomic E-state index is -1.18. The van der Waals surface area contributed by atoms with Crippen LogP contribution in [0, 0.1) is 5.82 Å². The summed E-state index contributed by atoms with van der Waals surface area (Å²) in [7, 11) is 0. The van der Waals surface area contributed by atoms with Gasteiger partial charge in [-0.15, -0.1) is 0 Å². The SMILES string of the molecule is CC(C)(O)C(N)c1cc(Cl)ccc1F. The smallest absolute Gasteiger partial charge is 0.128 e. The van der Waals surface area contributed by atoms with Crippen molar-refractivity contribution < 1.29 is 9.50 Å². The highest BCUT2D eigenvalue weighted by Crippen LogP contribution is 2.27. The van der Waals surface area contributed by atoms with E-state index in [0.29, 0.717) is 5.02 Å². The third kappa shape index (κ3) is 2.44. The first-order valence-corrected chi connectivity index (χ1v) is 4.63. The molecule has 1 unspecified atom stereocenters. The van der Waals surface area contributed by atoms with Crippen LogP contribution in [-0.2, 0) is 0 Å². The van der Waals surface area contributed by atoms with Gasteiger partial charge in [0.2, 0.25) is 0 Å². The summed E-state index contributed by atoms with van der Waals surface area (Å²) in [6, 6.07) is 3.32. The fourth-order valence-corrected chi connectivity index (χ4v) is 1.31. The fourth-order valence-electron chi connectivity index (χ4n) is 1.13. The summed E-state index contributed by atoms with van der Waals surface area (Å²) in [5, 5.41) is 10.0. The number of hydrogen-bond acceptors (Lipinski definition) is 2. The molecule has 78 valence electrons. The maximum atomic E-state index is 13.3. The van der Waals surface area contributed by atoms with Crippen molar-refractivity contribution in [2.75, 3.05) is 0 Å². The molecule has 0 heterocycles. The highest BCUT2D eigenvalue weighted by Gasteiger charge is 2.26. The average Bonchev–Trinajstić information content (AvgIpc) is 2.06. The number of rotatable bonds is 2. The molecule has 0 radical (unpaired) electrons. The van der Waals surface area contributed by atoms with Crippen molar-refractivity contribution in [1.29, 1.82) is 0 Å². The Morgan fingerprint density at radius 3 is 2.57 bits per heavy atom. The molecule has 0 amide bonds. The zero-order valence-corrected chi connectivity index (χ0v) is 8.85. The Kier molecular flexibility index (Phi) is 3.14. The molecular formula is C10H13ClFNO. The molecule has 0 aliphatic carbocycles. The third-order valence-electron chi connectivity index (χ3n) is 2.05. The van der Waals surface area contributed by atoms with E-state index in [2.05, 4.69) is 0 Å². The van der Waals surface area contributed by atoms with E-state index in [0.717, 1.165) is 0 Å². The lowest BCUT2D eigenvalue weighted by Gasteiger charge is -2.26. The Labute approximate surface area is 87.5 Å². The first-order chi connectivity index (χ1) is 6.32. The van der Waals surface area contributed by atoms with Gasteiger partial charge in [0.1, 0.15) is 5.82 Å². The minimum absolute atomic E-state index is 0.227. The molecule has 0 aromatic heterocycles. The Balaban J connectivity index is 3.12. The lowest BCUT2D eigenvalue weighted by molar-refractivity contribution is 0.0505. The Morgan fingerprint density at radius 1 is 1.50 bits per heavy atom. The molecule has 2 nitrogen and oxygen atoms in total. The van der Waals surface area contributed by atoms with Crippen molar-refractivity contribution in [3.63, 3.8) is 0 Å². The van der Waals surface area contributed by atoms with Crippen molar-refractivity contribution >= 4 is 11.6 Å². The van der Waals surface area contributed by atoms with E-state index in [9.17, 15) is 9.50 Å². The Bertz CT molecular complexity index is 335. The second kappa shape index (κ2) is 3.85. The summed E-state index contributed by atoms with van der Waals surface area (Å²) >= 11 is 5.71. The molecule has 0 aliphatic rings. The maximum absolute atomic E-state index is 13.3. The van der Waals surface area contributed by atoms with E-state index in [4.69, 9.17) is 17.3 Å². The highest BCUT2D eigenvalue weighted by molar-refractivity contribution is 6.30. The number of hydrogen-bond donors (Lipinski definition) is 2. The summed E-state index contributed by atoms with van der Waals surface area (Å²) in [4.78, 5) is 0. The first-order valence-electron chi connectivity index (χ1n) is 4.25. The molecule has 4 heteroatoms. The van der Waals surface area contributed by atoms with Crippen molar-refractivity contribution in [3.05, 3.63) is 34.6 Å². The molecule has 1 aromatic carbocycles. The van der Waals surface area contributed by atoms with Gasteiger partial charge in [0.25, 0.3) is 0 Å². The van der Waals surface area contributed by atoms with Crippen LogP contribution in [0.1, 0.15) is 25.5 Å². The molecule has 14 heavy (non-hydrogen) atoms. The number of nitrogens with two attached hydrogens (primary N) is 1. The topological polar surface area (TPSA) is 46.2 Å². The quantitative estimate of drug-likeness (QED) is 0.798. The van der Waals surface area contributed by atoms with E-state index >= 15 is 0 Å². The fraction of sp³-hybridized carbons (Fsp3) is 0.400. The van der Waals surface area contributed by atoms with E-state index < -0.39 is 17.5 Å². The molecule has 0 saturated heterocycles. The Hall–Kier alpha value is -0.640. The van der Waals surface area contributed by atoms with Gasteiger partial charge < -0.3 is 10.8 Å². The normalized spacial score (nSPS) is 14.1. The van der Waals surface area contributed by atoms with Gasteiger partial charge in [0.05, 0.1) is 11.6 Å². The van der Waals surface area contributed by atoms with E-state index in [1.807, 2.05) is 0 Å². The standard InChI is InChI=1S/C10H13ClFNO/c1-10(2,14)9(13)7-5-6(11)3-4-8(7)12/h3-5,9,14H,13H2,1-2H3. The molecule has 0 saturated carbocycles. The van der Waals surface area contributed by atoms with Gasteiger partial charge in [-0.1, -0.05) is 11.6 Å². The highest BCUT2D eigenvalue weighted by atomic mass is 35.5. The van der Waals surface area contributed by atoms with Crippen molar-refractivity contribution in [3.8, 4) is 0 Å². The lowest BCUT2D eigenvalue weighted by atomic mass is 9.92. The van der Waals surface area contributed by atoms with Crippen LogP contribution in [0.2, 0.25) is 5.02 Å². The van der Waals surface area contributed by atoms with Crippen LogP contribution in [0.5, 0.6) is 0 Å². The third-order valence-corrected chi connectivity index (χ3v) is 2.29. The van der Waals surface area contributed by atoms with Crippen LogP contribution in [0.3, 0.4) is 0 Å². The molecule has 1 rings (SSSR count). The van der Waals surface area contributed by atoms with Crippen LogP contribution in [0.15, 0.2) is 18.2 Å². The van der Waals surface area contributed by atoms with E-state index in [1.54, 1.807) is 0 Å². The molecule has 3 N–H and O–H groups in total. The predicted octanol–water partition coefficient (Wildman–Crippen LogP) is 2.25. The van der Waals surface area contributed by atoms with Gasteiger partial charge in [0, 0.05) is 10.6 Å². The zero-order valence-electron chi connectivity index (χ0n) is 8.09. The molecule has 0 aliphatic heterocycles. The van der Waals surface area contributed by atoms with Crippen molar-refractivity contribution in [1.82, 2.24) is 0 Å². The van der Waals surface area contributed by atoms with E-state index in [1.165, 1.54) is 32.0 Å². The predicted molar refractivity (Wildman–Crippen MR) is 54.6 cm³/mol. The maximum Gasteiger partial charge on any atom is 0.128 e. The molecule has 0 spiro atoms. The number of aliphatic hydroxyl groups is 1. The van der Waals surface area contributed by atoms with Gasteiger partial charge in [0.15, 0.2) is 0 Å². The van der Waals surface area contributed by atoms with Gasteiger partial charge in [-0.2, -0.15) is 0 Å². The van der Waals surface area contributed by atoms with E-state index in [-0.39, 0.29) is 5.56 Å². The second-order valence-electron chi connectivity index (χ2n) is 3.80. The Morgan fingerprint density at radius 2 is 2.07 bits per heavy atom. The van der Waals surface area contributed by atoms with Crippen LogP contribution in [0.25, 0.3) is 0 Å². The monoisotopic (exact) mass is 217 g/mol. The van der Waals surface area contributed by atoms with Crippen LogP contribution < -0.4 is 5.73 Å². The molecule has 1 aromatic rings. The number of halogens is 2. The van der Waals surface area contributed by atoms with Gasteiger partial charge >= 0.3 is 0 Å².